The van der Waals surface area contributed by atoms with E-state index < -0.39 is 21.6 Å². The van der Waals surface area contributed by atoms with Crippen LogP contribution in [0.4, 0.5) is 5.69 Å². The van der Waals surface area contributed by atoms with Crippen LogP contribution in [0.25, 0.3) is 0 Å². The predicted molar refractivity (Wildman–Crippen MR) is 87.3 cm³/mol. The summed E-state index contributed by atoms with van der Waals surface area (Å²) in [6, 6.07) is 7.54. The Balaban J connectivity index is 1.82. The summed E-state index contributed by atoms with van der Waals surface area (Å²) in [5.74, 6) is -0.524. The first-order valence-corrected chi connectivity index (χ1v) is 7.86. The van der Waals surface area contributed by atoms with Crippen LogP contribution in [-0.4, -0.2) is 22.8 Å². The standard InChI is InChI=1S/C16H19Cl2NO3/c1-10(2)11-4-6-12(7-5-11)19-13(20)8-22-14(21)15(3)9-16(15,17)18/h4-7,10H,8-9H2,1-3H3,(H,19,20)/t15-/m0/s1. The summed E-state index contributed by atoms with van der Waals surface area (Å²) in [5, 5.41) is 2.67. The highest BCUT2D eigenvalue weighted by Gasteiger charge is 2.69. The van der Waals surface area contributed by atoms with E-state index in [1.54, 1.807) is 6.92 Å². The molecule has 0 saturated heterocycles. The monoisotopic (exact) mass is 343 g/mol. The fourth-order valence-corrected chi connectivity index (χ4v) is 2.75. The van der Waals surface area contributed by atoms with Crippen LogP contribution < -0.4 is 5.32 Å². The highest BCUT2D eigenvalue weighted by Crippen LogP contribution is 2.64. The van der Waals surface area contributed by atoms with Crippen molar-refractivity contribution in [3.63, 3.8) is 0 Å². The van der Waals surface area contributed by atoms with Gasteiger partial charge >= 0.3 is 5.97 Å². The van der Waals surface area contributed by atoms with Gasteiger partial charge in [-0.1, -0.05) is 26.0 Å². The summed E-state index contributed by atoms with van der Waals surface area (Å²) < 4.78 is 3.89. The minimum Gasteiger partial charge on any atom is -0.455 e. The maximum Gasteiger partial charge on any atom is 0.315 e. The van der Waals surface area contributed by atoms with E-state index in [-0.39, 0.29) is 6.61 Å². The normalized spacial score (nSPS) is 22.3. The zero-order chi connectivity index (χ0) is 16.5. The molecule has 1 amide bonds. The number of benzene rings is 1. The van der Waals surface area contributed by atoms with Crippen LogP contribution in [0.5, 0.6) is 0 Å². The Bertz CT molecular complexity index is 584. The van der Waals surface area contributed by atoms with E-state index in [1.165, 1.54) is 5.56 Å². The van der Waals surface area contributed by atoms with Crippen LogP contribution in [0.1, 0.15) is 38.7 Å². The van der Waals surface area contributed by atoms with E-state index in [9.17, 15) is 9.59 Å². The number of nitrogens with one attached hydrogen (secondary N) is 1. The molecule has 0 aromatic heterocycles. The van der Waals surface area contributed by atoms with Gasteiger partial charge in [0.1, 0.15) is 9.75 Å². The van der Waals surface area contributed by atoms with Gasteiger partial charge in [-0.2, -0.15) is 0 Å². The molecule has 1 aliphatic rings. The number of halogens is 2. The second-order valence-electron chi connectivity index (χ2n) is 6.11. The summed E-state index contributed by atoms with van der Waals surface area (Å²) in [7, 11) is 0. The molecule has 1 atom stereocenters. The molecule has 0 heterocycles. The van der Waals surface area contributed by atoms with Crippen molar-refractivity contribution in [2.45, 2.75) is 37.4 Å². The van der Waals surface area contributed by atoms with Crippen LogP contribution in [0, 0.1) is 5.41 Å². The molecular weight excluding hydrogens is 325 g/mol. The molecule has 22 heavy (non-hydrogen) atoms. The van der Waals surface area contributed by atoms with Gasteiger partial charge in [-0.05, 0) is 30.5 Å². The average Bonchev–Trinajstić information content (AvgIpc) is 2.97. The molecule has 2 rings (SSSR count). The van der Waals surface area contributed by atoms with E-state index in [2.05, 4.69) is 19.2 Å². The fraction of sp³-hybridized carbons (Fsp3) is 0.500. The first-order valence-electron chi connectivity index (χ1n) is 7.10. The molecule has 0 spiro atoms. The van der Waals surface area contributed by atoms with Crippen LogP contribution in [0.3, 0.4) is 0 Å². The van der Waals surface area contributed by atoms with Crippen molar-refractivity contribution >= 4 is 40.8 Å². The van der Waals surface area contributed by atoms with Gasteiger partial charge in [0.2, 0.25) is 0 Å². The van der Waals surface area contributed by atoms with E-state index in [0.717, 1.165) is 0 Å². The van der Waals surface area contributed by atoms with Crippen LogP contribution in [0.2, 0.25) is 0 Å². The van der Waals surface area contributed by atoms with Gasteiger partial charge in [-0.3, -0.25) is 9.59 Å². The van der Waals surface area contributed by atoms with Crippen molar-refractivity contribution in [1.82, 2.24) is 0 Å². The molecule has 4 nitrogen and oxygen atoms in total. The average molecular weight is 344 g/mol. The van der Waals surface area contributed by atoms with Gasteiger partial charge in [-0.15, -0.1) is 23.2 Å². The molecule has 0 unspecified atom stereocenters. The number of carbonyl (C=O) groups is 2. The summed E-state index contributed by atoms with van der Waals surface area (Å²) in [5.41, 5.74) is 0.925. The molecular formula is C16H19Cl2NO3. The maximum absolute atomic E-state index is 11.8. The number of amides is 1. The van der Waals surface area contributed by atoms with Crippen molar-refractivity contribution in [1.29, 1.82) is 0 Å². The molecule has 1 aromatic rings. The molecule has 6 heteroatoms. The Morgan fingerprint density at radius 1 is 1.27 bits per heavy atom. The quantitative estimate of drug-likeness (QED) is 0.652. The molecule has 1 fully saturated rings. The minimum atomic E-state index is -1.09. The molecule has 120 valence electrons. The SMILES string of the molecule is CC(C)c1ccc(NC(=O)COC(=O)[C@]2(C)CC2(Cl)Cl)cc1. The second-order valence-corrected chi connectivity index (χ2v) is 7.60. The smallest absolute Gasteiger partial charge is 0.315 e. The molecule has 0 aliphatic heterocycles. The first-order chi connectivity index (χ1) is 10.2. The van der Waals surface area contributed by atoms with E-state index in [4.69, 9.17) is 27.9 Å². The summed E-state index contributed by atoms with van der Waals surface area (Å²) >= 11 is 11.8. The van der Waals surface area contributed by atoms with Gasteiger partial charge in [0.05, 0.1) is 0 Å². The summed E-state index contributed by atoms with van der Waals surface area (Å²) in [6.45, 7) is 5.46. The van der Waals surface area contributed by atoms with Crippen molar-refractivity contribution < 1.29 is 14.3 Å². The highest BCUT2D eigenvalue weighted by atomic mass is 35.5. The Kier molecular flexibility index (Phi) is 4.73. The van der Waals surface area contributed by atoms with Crippen LogP contribution >= 0.6 is 23.2 Å². The molecule has 1 saturated carbocycles. The van der Waals surface area contributed by atoms with Crippen LogP contribution in [-0.2, 0) is 14.3 Å². The van der Waals surface area contributed by atoms with Crippen molar-refractivity contribution in [2.24, 2.45) is 5.41 Å². The van der Waals surface area contributed by atoms with Gasteiger partial charge in [-0.25, -0.2) is 0 Å². The first kappa shape index (κ1) is 17.1. The number of alkyl halides is 2. The second kappa shape index (κ2) is 6.09. The number of ether oxygens (including phenoxy) is 1. The van der Waals surface area contributed by atoms with Crippen molar-refractivity contribution in [3.05, 3.63) is 29.8 Å². The minimum absolute atomic E-state index is 0.334. The molecule has 1 N–H and O–H groups in total. The number of hydrogen-bond acceptors (Lipinski definition) is 3. The lowest BCUT2D eigenvalue weighted by Crippen LogP contribution is -2.26. The summed E-state index contributed by atoms with van der Waals surface area (Å²) in [6.07, 6.45) is 0.334. The predicted octanol–water partition coefficient (Wildman–Crippen LogP) is 3.88. The zero-order valence-corrected chi connectivity index (χ0v) is 14.3. The Morgan fingerprint density at radius 2 is 1.82 bits per heavy atom. The highest BCUT2D eigenvalue weighted by molar-refractivity contribution is 6.53. The number of carbonyl (C=O) groups excluding carboxylic acids is 2. The van der Waals surface area contributed by atoms with E-state index >= 15 is 0 Å². The topological polar surface area (TPSA) is 55.4 Å². The molecule has 1 aliphatic carbocycles. The zero-order valence-electron chi connectivity index (χ0n) is 12.8. The third-order valence-electron chi connectivity index (χ3n) is 3.90. The number of rotatable bonds is 5. The van der Waals surface area contributed by atoms with E-state index in [1.807, 2.05) is 24.3 Å². The van der Waals surface area contributed by atoms with Crippen molar-refractivity contribution in [3.8, 4) is 0 Å². The lowest BCUT2D eigenvalue weighted by molar-refractivity contribution is -0.152. The van der Waals surface area contributed by atoms with Crippen LogP contribution in [0.15, 0.2) is 24.3 Å². The Labute approximate surface area is 140 Å². The molecule has 1 aromatic carbocycles. The van der Waals surface area contributed by atoms with Gasteiger partial charge in [0, 0.05) is 12.1 Å². The summed E-state index contributed by atoms with van der Waals surface area (Å²) in [4.78, 5) is 23.6. The lowest BCUT2D eigenvalue weighted by Gasteiger charge is -2.12. The third kappa shape index (κ3) is 3.55. The number of anilines is 1. The van der Waals surface area contributed by atoms with Crippen molar-refractivity contribution in [2.75, 3.05) is 11.9 Å². The Hall–Kier alpha value is -1.26. The van der Waals surface area contributed by atoms with Gasteiger partial charge in [0.25, 0.3) is 5.91 Å². The fourth-order valence-electron chi connectivity index (χ4n) is 2.06. The molecule has 0 radical (unpaired) electrons. The Morgan fingerprint density at radius 3 is 2.27 bits per heavy atom. The number of esters is 1. The number of hydrogen-bond donors (Lipinski definition) is 1. The third-order valence-corrected chi connectivity index (χ3v) is 5.01. The maximum atomic E-state index is 11.8. The van der Waals surface area contributed by atoms with Gasteiger partial charge in [0.15, 0.2) is 6.61 Å². The lowest BCUT2D eigenvalue weighted by atomic mass is 10.0. The van der Waals surface area contributed by atoms with Gasteiger partial charge < -0.3 is 10.1 Å². The molecule has 0 bridgehead atoms. The largest absolute Gasteiger partial charge is 0.455 e. The van der Waals surface area contributed by atoms with E-state index in [0.29, 0.717) is 18.0 Å².